The Kier molecular flexibility index (Phi) is 4.00. The first-order valence-corrected chi connectivity index (χ1v) is 6.56. The maximum atomic E-state index is 12.3. The number of benzene rings is 1. The molecular formula is C15H19N3O. The molecule has 4 heteroatoms. The van der Waals surface area contributed by atoms with Crippen molar-refractivity contribution < 1.29 is 4.79 Å². The summed E-state index contributed by atoms with van der Waals surface area (Å²) in [5, 5.41) is 7.13. The maximum absolute atomic E-state index is 12.3. The molecule has 19 heavy (non-hydrogen) atoms. The van der Waals surface area contributed by atoms with E-state index < -0.39 is 0 Å². The lowest BCUT2D eigenvalue weighted by Crippen LogP contribution is -2.18. The minimum atomic E-state index is -0.0835. The molecule has 2 rings (SSSR count). The number of anilines is 1. The van der Waals surface area contributed by atoms with Gasteiger partial charge >= 0.3 is 0 Å². The Morgan fingerprint density at radius 3 is 2.74 bits per heavy atom. The summed E-state index contributed by atoms with van der Waals surface area (Å²) >= 11 is 0. The molecule has 0 fully saturated rings. The van der Waals surface area contributed by atoms with Gasteiger partial charge in [0.1, 0.15) is 5.82 Å². The van der Waals surface area contributed by atoms with Gasteiger partial charge in [-0.05, 0) is 31.9 Å². The van der Waals surface area contributed by atoms with Crippen molar-refractivity contribution in [2.45, 2.75) is 33.2 Å². The summed E-state index contributed by atoms with van der Waals surface area (Å²) in [6.45, 7) is 6.11. The van der Waals surface area contributed by atoms with Gasteiger partial charge < -0.3 is 5.32 Å². The Labute approximate surface area is 113 Å². The zero-order valence-electron chi connectivity index (χ0n) is 11.6. The van der Waals surface area contributed by atoms with Crippen molar-refractivity contribution in [1.82, 2.24) is 9.78 Å². The van der Waals surface area contributed by atoms with E-state index in [9.17, 15) is 4.79 Å². The quantitative estimate of drug-likeness (QED) is 0.913. The van der Waals surface area contributed by atoms with Crippen LogP contribution in [0.1, 0.15) is 42.7 Å². The molecule has 1 N–H and O–H groups in total. The normalized spacial score (nSPS) is 10.7. The Bertz CT molecular complexity index is 572. The largest absolute Gasteiger partial charge is 0.307 e. The minimum Gasteiger partial charge on any atom is -0.307 e. The molecule has 4 nitrogen and oxygen atoms in total. The zero-order chi connectivity index (χ0) is 13.8. The fraction of sp³-hybridized carbons (Fsp3) is 0.333. The highest BCUT2D eigenvalue weighted by atomic mass is 16.1. The van der Waals surface area contributed by atoms with Crippen LogP contribution in [0.15, 0.2) is 36.5 Å². The minimum absolute atomic E-state index is 0.0835. The van der Waals surface area contributed by atoms with Crippen LogP contribution < -0.4 is 5.32 Å². The number of nitrogens with zero attached hydrogens (tertiary/aromatic N) is 2. The molecule has 0 aliphatic heterocycles. The molecule has 100 valence electrons. The van der Waals surface area contributed by atoms with E-state index in [1.165, 1.54) is 0 Å². The standard InChI is InChI=1S/C15H19N3O/c1-4-12-7-5-6-8-13(12)15(19)17-14-9-10-16-18(14)11(2)3/h5-11H,4H2,1-3H3,(H,17,19). The number of rotatable bonds is 4. The molecule has 0 radical (unpaired) electrons. The van der Waals surface area contributed by atoms with Crippen LogP contribution in [0.4, 0.5) is 5.82 Å². The van der Waals surface area contributed by atoms with Gasteiger partial charge in [-0.1, -0.05) is 25.1 Å². The van der Waals surface area contributed by atoms with E-state index in [1.807, 2.05) is 51.1 Å². The van der Waals surface area contributed by atoms with E-state index in [0.717, 1.165) is 23.4 Å². The van der Waals surface area contributed by atoms with Crippen molar-refractivity contribution in [1.29, 1.82) is 0 Å². The third-order valence-electron chi connectivity index (χ3n) is 3.04. The molecule has 2 aromatic rings. The average molecular weight is 257 g/mol. The van der Waals surface area contributed by atoms with Crippen LogP contribution >= 0.6 is 0 Å². The SMILES string of the molecule is CCc1ccccc1C(=O)Nc1ccnn1C(C)C. The number of hydrogen-bond acceptors (Lipinski definition) is 2. The van der Waals surface area contributed by atoms with Crippen LogP contribution in [-0.2, 0) is 6.42 Å². The van der Waals surface area contributed by atoms with Gasteiger partial charge in [0.2, 0.25) is 0 Å². The van der Waals surface area contributed by atoms with Crippen molar-refractivity contribution in [3.05, 3.63) is 47.7 Å². The molecule has 0 saturated carbocycles. The van der Waals surface area contributed by atoms with Crippen LogP contribution in [0.3, 0.4) is 0 Å². The van der Waals surface area contributed by atoms with Crippen molar-refractivity contribution in [2.75, 3.05) is 5.32 Å². The highest BCUT2D eigenvalue weighted by Crippen LogP contribution is 2.16. The highest BCUT2D eigenvalue weighted by molar-refractivity contribution is 6.04. The molecule has 0 bridgehead atoms. The molecule has 0 atom stereocenters. The number of amides is 1. The summed E-state index contributed by atoms with van der Waals surface area (Å²) in [5.74, 6) is 0.644. The van der Waals surface area contributed by atoms with Crippen LogP contribution in [0.5, 0.6) is 0 Å². The molecule has 0 aliphatic rings. The molecule has 1 amide bonds. The van der Waals surface area contributed by atoms with E-state index in [4.69, 9.17) is 0 Å². The first kappa shape index (κ1) is 13.3. The monoisotopic (exact) mass is 257 g/mol. The number of carbonyl (C=O) groups excluding carboxylic acids is 1. The molecule has 0 aliphatic carbocycles. The molecular weight excluding hydrogens is 238 g/mol. The Morgan fingerprint density at radius 1 is 1.32 bits per heavy atom. The number of carbonyl (C=O) groups is 1. The van der Waals surface area contributed by atoms with Crippen LogP contribution in [-0.4, -0.2) is 15.7 Å². The lowest BCUT2D eigenvalue weighted by molar-refractivity contribution is 0.102. The van der Waals surface area contributed by atoms with Crippen LogP contribution in [0.2, 0.25) is 0 Å². The number of nitrogens with one attached hydrogen (secondary N) is 1. The summed E-state index contributed by atoms with van der Waals surface area (Å²) in [6, 6.07) is 9.69. The van der Waals surface area contributed by atoms with E-state index in [0.29, 0.717) is 0 Å². The molecule has 1 heterocycles. The molecule has 0 spiro atoms. The second kappa shape index (κ2) is 5.69. The van der Waals surface area contributed by atoms with Crippen LogP contribution in [0, 0.1) is 0 Å². The van der Waals surface area contributed by atoms with Crippen molar-refractivity contribution >= 4 is 11.7 Å². The number of hydrogen-bond donors (Lipinski definition) is 1. The molecule has 0 unspecified atom stereocenters. The molecule has 1 aromatic carbocycles. The fourth-order valence-corrected chi connectivity index (χ4v) is 2.06. The average Bonchev–Trinajstić information content (AvgIpc) is 2.87. The highest BCUT2D eigenvalue weighted by Gasteiger charge is 2.13. The molecule has 0 saturated heterocycles. The van der Waals surface area contributed by atoms with Gasteiger partial charge in [-0.2, -0.15) is 5.10 Å². The number of aromatic nitrogens is 2. The van der Waals surface area contributed by atoms with Crippen molar-refractivity contribution in [3.8, 4) is 0 Å². The van der Waals surface area contributed by atoms with Gasteiger partial charge in [-0.3, -0.25) is 4.79 Å². The maximum Gasteiger partial charge on any atom is 0.257 e. The topological polar surface area (TPSA) is 46.9 Å². The van der Waals surface area contributed by atoms with Gasteiger partial charge in [-0.15, -0.1) is 0 Å². The third kappa shape index (κ3) is 2.84. The van der Waals surface area contributed by atoms with E-state index in [2.05, 4.69) is 10.4 Å². The first-order valence-electron chi connectivity index (χ1n) is 6.56. The van der Waals surface area contributed by atoms with Gasteiger partial charge in [-0.25, -0.2) is 4.68 Å². The van der Waals surface area contributed by atoms with Gasteiger partial charge in [0.25, 0.3) is 5.91 Å². The van der Waals surface area contributed by atoms with E-state index >= 15 is 0 Å². The number of aryl methyl sites for hydroxylation is 1. The Morgan fingerprint density at radius 2 is 2.05 bits per heavy atom. The van der Waals surface area contributed by atoms with E-state index in [-0.39, 0.29) is 11.9 Å². The lowest BCUT2D eigenvalue weighted by atomic mass is 10.0. The first-order chi connectivity index (χ1) is 9.13. The van der Waals surface area contributed by atoms with Gasteiger partial charge in [0.15, 0.2) is 0 Å². The summed E-state index contributed by atoms with van der Waals surface area (Å²) in [5.41, 5.74) is 1.78. The van der Waals surface area contributed by atoms with Gasteiger partial charge in [0.05, 0.1) is 6.20 Å². The Hall–Kier alpha value is -2.10. The summed E-state index contributed by atoms with van der Waals surface area (Å²) in [6.07, 6.45) is 2.54. The zero-order valence-corrected chi connectivity index (χ0v) is 11.6. The summed E-state index contributed by atoms with van der Waals surface area (Å²) < 4.78 is 1.80. The predicted octanol–water partition coefficient (Wildman–Crippen LogP) is 3.28. The predicted molar refractivity (Wildman–Crippen MR) is 76.4 cm³/mol. The second-order valence-electron chi connectivity index (χ2n) is 4.72. The smallest absolute Gasteiger partial charge is 0.257 e. The molecule has 1 aromatic heterocycles. The summed E-state index contributed by atoms with van der Waals surface area (Å²) in [7, 11) is 0. The van der Waals surface area contributed by atoms with Crippen LogP contribution in [0.25, 0.3) is 0 Å². The van der Waals surface area contributed by atoms with Crippen molar-refractivity contribution in [3.63, 3.8) is 0 Å². The Balaban J connectivity index is 2.23. The third-order valence-corrected chi connectivity index (χ3v) is 3.04. The fourth-order valence-electron chi connectivity index (χ4n) is 2.06. The van der Waals surface area contributed by atoms with Gasteiger partial charge in [0, 0.05) is 17.7 Å². The van der Waals surface area contributed by atoms with Crippen molar-refractivity contribution in [2.24, 2.45) is 0 Å². The second-order valence-corrected chi connectivity index (χ2v) is 4.72. The summed E-state index contributed by atoms with van der Waals surface area (Å²) in [4.78, 5) is 12.3. The lowest BCUT2D eigenvalue weighted by Gasteiger charge is -2.13. The van der Waals surface area contributed by atoms with E-state index in [1.54, 1.807) is 10.9 Å².